The highest BCUT2D eigenvalue weighted by Crippen LogP contribution is 2.28. The Morgan fingerprint density at radius 1 is 1.00 bits per heavy atom. The van der Waals surface area contributed by atoms with Crippen LogP contribution in [0.3, 0.4) is 0 Å². The van der Waals surface area contributed by atoms with Crippen molar-refractivity contribution in [3.8, 4) is 11.5 Å². The zero-order chi connectivity index (χ0) is 18.5. The van der Waals surface area contributed by atoms with Gasteiger partial charge in [0.25, 0.3) is 5.56 Å². The van der Waals surface area contributed by atoms with E-state index in [4.69, 9.17) is 15.3 Å². The molecule has 6 nitrogen and oxygen atoms in total. The van der Waals surface area contributed by atoms with E-state index in [-0.39, 0.29) is 5.56 Å². The Morgan fingerprint density at radius 3 is 2.50 bits per heavy atom. The summed E-state index contributed by atoms with van der Waals surface area (Å²) in [6.45, 7) is 0. The Kier molecular flexibility index (Phi) is 5.41. The van der Waals surface area contributed by atoms with E-state index in [1.165, 1.54) is 10.2 Å². The van der Waals surface area contributed by atoms with Crippen LogP contribution in [0.25, 0.3) is 10.9 Å². The maximum atomic E-state index is 12.3. The standard InChI is InChI=1S/C20H23N3O3/c1-25-17-12-11-14(13-18(17)26-2)7-3-6-10-19-22-16-9-5-4-8-15(16)20(24)23(19)21/h4-5,8-9,11-13H,3,6-7,10,21H2,1-2H3. The number of ether oxygens (including phenoxy) is 2. The molecule has 1 aromatic heterocycles. The van der Waals surface area contributed by atoms with Gasteiger partial charge >= 0.3 is 0 Å². The van der Waals surface area contributed by atoms with Gasteiger partial charge in [-0.15, -0.1) is 0 Å². The van der Waals surface area contributed by atoms with Gasteiger partial charge in [0.15, 0.2) is 11.5 Å². The molecule has 0 unspecified atom stereocenters. The van der Waals surface area contributed by atoms with Gasteiger partial charge in [0, 0.05) is 6.42 Å². The van der Waals surface area contributed by atoms with Crippen LogP contribution in [0.5, 0.6) is 11.5 Å². The summed E-state index contributed by atoms with van der Waals surface area (Å²) in [5.41, 5.74) is 1.67. The summed E-state index contributed by atoms with van der Waals surface area (Å²) in [6.07, 6.45) is 3.40. The van der Waals surface area contributed by atoms with Gasteiger partial charge in [0.2, 0.25) is 0 Å². The number of fused-ring (bicyclic) bond motifs is 1. The minimum Gasteiger partial charge on any atom is -0.493 e. The van der Waals surface area contributed by atoms with Crippen LogP contribution >= 0.6 is 0 Å². The summed E-state index contributed by atoms with van der Waals surface area (Å²) in [4.78, 5) is 16.8. The lowest BCUT2D eigenvalue weighted by molar-refractivity contribution is 0.354. The molecular formula is C20H23N3O3. The highest BCUT2D eigenvalue weighted by Gasteiger charge is 2.09. The molecule has 0 saturated carbocycles. The predicted molar refractivity (Wildman–Crippen MR) is 102 cm³/mol. The van der Waals surface area contributed by atoms with Gasteiger partial charge in [-0.05, 0) is 49.1 Å². The summed E-state index contributed by atoms with van der Waals surface area (Å²) >= 11 is 0. The topological polar surface area (TPSA) is 79.4 Å². The zero-order valence-corrected chi connectivity index (χ0v) is 15.1. The van der Waals surface area contributed by atoms with Gasteiger partial charge in [0.05, 0.1) is 25.1 Å². The van der Waals surface area contributed by atoms with Crippen molar-refractivity contribution < 1.29 is 9.47 Å². The highest BCUT2D eigenvalue weighted by molar-refractivity contribution is 5.77. The number of aromatic nitrogens is 2. The number of methoxy groups -OCH3 is 2. The van der Waals surface area contributed by atoms with Crippen LogP contribution in [0.2, 0.25) is 0 Å². The van der Waals surface area contributed by atoms with Crippen molar-refractivity contribution >= 4 is 10.9 Å². The molecule has 0 amide bonds. The fourth-order valence-electron chi connectivity index (χ4n) is 3.02. The lowest BCUT2D eigenvalue weighted by Crippen LogP contribution is -2.31. The first-order chi connectivity index (χ1) is 12.6. The maximum absolute atomic E-state index is 12.3. The maximum Gasteiger partial charge on any atom is 0.279 e. The van der Waals surface area contributed by atoms with Crippen molar-refractivity contribution in [3.05, 3.63) is 64.2 Å². The lowest BCUT2D eigenvalue weighted by atomic mass is 10.1. The van der Waals surface area contributed by atoms with Crippen molar-refractivity contribution in [3.63, 3.8) is 0 Å². The van der Waals surface area contributed by atoms with E-state index in [2.05, 4.69) is 4.98 Å². The van der Waals surface area contributed by atoms with E-state index in [1.54, 1.807) is 20.3 Å². The first-order valence-corrected chi connectivity index (χ1v) is 8.60. The van der Waals surface area contributed by atoms with Crippen molar-refractivity contribution in [2.24, 2.45) is 0 Å². The van der Waals surface area contributed by atoms with Crippen molar-refractivity contribution in [1.29, 1.82) is 0 Å². The fraction of sp³-hybridized carbons (Fsp3) is 0.300. The van der Waals surface area contributed by atoms with Crippen LogP contribution < -0.4 is 20.9 Å². The van der Waals surface area contributed by atoms with Crippen molar-refractivity contribution in [1.82, 2.24) is 9.66 Å². The zero-order valence-electron chi connectivity index (χ0n) is 15.1. The van der Waals surface area contributed by atoms with Crippen molar-refractivity contribution in [2.75, 3.05) is 20.1 Å². The van der Waals surface area contributed by atoms with Crippen LogP contribution in [0.15, 0.2) is 47.3 Å². The number of aryl methyl sites for hydroxylation is 2. The van der Waals surface area contributed by atoms with Crippen LogP contribution in [0.4, 0.5) is 0 Å². The number of nitrogens with two attached hydrogens (primary N) is 1. The van der Waals surface area contributed by atoms with E-state index in [9.17, 15) is 4.79 Å². The summed E-state index contributed by atoms with van der Waals surface area (Å²) in [7, 11) is 3.26. The number of hydrogen-bond donors (Lipinski definition) is 1. The lowest BCUT2D eigenvalue weighted by Gasteiger charge is -2.10. The van der Waals surface area contributed by atoms with Crippen LogP contribution in [-0.2, 0) is 12.8 Å². The number of hydrogen-bond acceptors (Lipinski definition) is 5. The number of rotatable bonds is 7. The third-order valence-corrected chi connectivity index (χ3v) is 4.44. The fourth-order valence-corrected chi connectivity index (χ4v) is 3.02. The second-order valence-electron chi connectivity index (χ2n) is 6.12. The SMILES string of the molecule is COc1ccc(CCCCc2nc3ccccc3c(=O)n2N)cc1OC. The Morgan fingerprint density at radius 2 is 1.73 bits per heavy atom. The van der Waals surface area contributed by atoms with E-state index < -0.39 is 0 Å². The molecule has 0 atom stereocenters. The van der Waals surface area contributed by atoms with E-state index in [1.807, 2.05) is 36.4 Å². The molecular weight excluding hydrogens is 330 g/mol. The molecule has 0 aliphatic heterocycles. The van der Waals surface area contributed by atoms with Crippen LogP contribution in [0, 0.1) is 0 Å². The number of nitrogen functional groups attached to an aromatic ring is 1. The Labute approximate surface area is 152 Å². The quantitative estimate of drug-likeness (QED) is 0.522. The summed E-state index contributed by atoms with van der Waals surface area (Å²) in [5.74, 6) is 7.99. The Bertz CT molecular complexity index is 966. The molecule has 3 aromatic rings. The molecule has 0 aliphatic rings. The monoisotopic (exact) mass is 353 g/mol. The highest BCUT2D eigenvalue weighted by atomic mass is 16.5. The van der Waals surface area contributed by atoms with Crippen LogP contribution in [0.1, 0.15) is 24.2 Å². The van der Waals surface area contributed by atoms with Gasteiger partial charge in [-0.1, -0.05) is 18.2 Å². The van der Waals surface area contributed by atoms with Crippen molar-refractivity contribution in [2.45, 2.75) is 25.7 Å². The molecule has 3 rings (SSSR count). The number of para-hydroxylation sites is 1. The molecule has 0 fully saturated rings. The first-order valence-electron chi connectivity index (χ1n) is 8.60. The average Bonchev–Trinajstić information content (AvgIpc) is 2.68. The van der Waals surface area contributed by atoms with Gasteiger partial charge in [-0.3, -0.25) is 4.79 Å². The molecule has 0 radical (unpaired) electrons. The summed E-state index contributed by atoms with van der Waals surface area (Å²) < 4.78 is 11.8. The minimum atomic E-state index is -0.203. The summed E-state index contributed by atoms with van der Waals surface area (Å²) in [5, 5.41) is 0.545. The van der Waals surface area contributed by atoms with E-state index >= 15 is 0 Å². The number of nitrogens with zero attached hydrogens (tertiary/aromatic N) is 2. The Hall–Kier alpha value is -3.02. The minimum absolute atomic E-state index is 0.203. The molecule has 0 saturated heterocycles. The van der Waals surface area contributed by atoms with Gasteiger partial charge in [0.1, 0.15) is 5.82 Å². The normalized spacial score (nSPS) is 10.8. The molecule has 2 N–H and O–H groups in total. The van der Waals surface area contributed by atoms with E-state index in [0.717, 1.165) is 30.8 Å². The molecule has 6 heteroatoms. The molecule has 0 aliphatic carbocycles. The second-order valence-corrected chi connectivity index (χ2v) is 6.12. The van der Waals surface area contributed by atoms with Gasteiger partial charge in [-0.2, -0.15) is 0 Å². The van der Waals surface area contributed by atoms with Crippen LogP contribution in [-0.4, -0.2) is 23.9 Å². The molecule has 1 heterocycles. The number of unbranched alkanes of at least 4 members (excludes halogenated alkanes) is 1. The number of benzene rings is 2. The Balaban J connectivity index is 1.65. The average molecular weight is 353 g/mol. The third kappa shape index (κ3) is 3.64. The largest absolute Gasteiger partial charge is 0.493 e. The predicted octanol–water partition coefficient (Wildman–Crippen LogP) is 2.69. The molecule has 2 aromatic carbocycles. The smallest absolute Gasteiger partial charge is 0.279 e. The molecule has 0 bridgehead atoms. The third-order valence-electron chi connectivity index (χ3n) is 4.44. The molecule has 136 valence electrons. The first kappa shape index (κ1) is 17.8. The summed E-state index contributed by atoms with van der Waals surface area (Å²) in [6, 6.07) is 13.2. The molecule has 0 spiro atoms. The van der Waals surface area contributed by atoms with Gasteiger partial charge in [-0.25, -0.2) is 9.66 Å². The second kappa shape index (κ2) is 7.91. The molecule has 26 heavy (non-hydrogen) atoms. The van der Waals surface area contributed by atoms with Gasteiger partial charge < -0.3 is 15.3 Å². The van der Waals surface area contributed by atoms with E-state index in [0.29, 0.717) is 23.1 Å².